The standard InChI is InChI=1S/C18H21NO3S/c1-4-12-18(17(20)22-5-2,16-7-6-13-23-16)19-14-8-10-15(21-3)11-9-14/h4,6-11,13,19H,1,5,12H2,2-3H3. The zero-order chi connectivity index (χ0) is 16.7. The molecule has 5 heteroatoms. The molecule has 0 aliphatic heterocycles. The van der Waals surface area contributed by atoms with Crippen LogP contribution in [-0.2, 0) is 15.1 Å². The number of ether oxygens (including phenoxy) is 2. The minimum Gasteiger partial charge on any atom is -0.497 e. The smallest absolute Gasteiger partial charge is 0.337 e. The van der Waals surface area contributed by atoms with Crippen molar-refractivity contribution in [2.45, 2.75) is 18.9 Å². The van der Waals surface area contributed by atoms with Gasteiger partial charge in [-0.3, -0.25) is 0 Å². The number of benzene rings is 1. The van der Waals surface area contributed by atoms with Crippen molar-refractivity contribution in [3.05, 3.63) is 59.3 Å². The Morgan fingerprint density at radius 2 is 2.09 bits per heavy atom. The van der Waals surface area contributed by atoms with E-state index < -0.39 is 5.54 Å². The van der Waals surface area contributed by atoms with Gasteiger partial charge in [0.25, 0.3) is 0 Å². The zero-order valence-corrected chi connectivity index (χ0v) is 14.2. The van der Waals surface area contributed by atoms with Gasteiger partial charge in [0.1, 0.15) is 5.75 Å². The summed E-state index contributed by atoms with van der Waals surface area (Å²) in [6.45, 7) is 5.93. The van der Waals surface area contributed by atoms with E-state index in [1.54, 1.807) is 20.1 Å². The first-order valence-corrected chi connectivity index (χ1v) is 8.28. The molecule has 4 nitrogen and oxygen atoms in total. The third kappa shape index (κ3) is 3.74. The minimum absolute atomic E-state index is 0.307. The molecular formula is C18H21NO3S. The molecule has 122 valence electrons. The summed E-state index contributed by atoms with van der Waals surface area (Å²) >= 11 is 1.52. The average molecular weight is 331 g/mol. The van der Waals surface area contributed by atoms with E-state index >= 15 is 0 Å². The van der Waals surface area contributed by atoms with Gasteiger partial charge < -0.3 is 14.8 Å². The largest absolute Gasteiger partial charge is 0.497 e. The summed E-state index contributed by atoms with van der Waals surface area (Å²) in [7, 11) is 1.62. The van der Waals surface area contributed by atoms with Gasteiger partial charge in [-0.25, -0.2) is 4.79 Å². The second-order valence-electron chi connectivity index (χ2n) is 4.95. The number of carbonyl (C=O) groups excluding carboxylic acids is 1. The van der Waals surface area contributed by atoms with Gasteiger partial charge in [-0.05, 0) is 42.6 Å². The van der Waals surface area contributed by atoms with Crippen LogP contribution in [0.4, 0.5) is 5.69 Å². The van der Waals surface area contributed by atoms with E-state index in [0.29, 0.717) is 13.0 Å². The van der Waals surface area contributed by atoms with Crippen LogP contribution < -0.4 is 10.1 Å². The first-order chi connectivity index (χ1) is 11.2. The summed E-state index contributed by atoms with van der Waals surface area (Å²) in [6.07, 6.45) is 2.16. The SMILES string of the molecule is C=CCC(Nc1ccc(OC)cc1)(C(=O)OCC)c1cccs1. The summed E-state index contributed by atoms with van der Waals surface area (Å²) in [4.78, 5) is 13.6. The number of hydrogen-bond acceptors (Lipinski definition) is 5. The molecule has 23 heavy (non-hydrogen) atoms. The number of nitrogens with one attached hydrogen (secondary N) is 1. The number of thiophene rings is 1. The highest BCUT2D eigenvalue weighted by Crippen LogP contribution is 2.35. The van der Waals surface area contributed by atoms with E-state index in [4.69, 9.17) is 9.47 Å². The fourth-order valence-corrected chi connectivity index (χ4v) is 3.24. The number of rotatable bonds is 8. The molecule has 2 aromatic rings. The lowest BCUT2D eigenvalue weighted by Crippen LogP contribution is -2.43. The Bertz CT molecular complexity index is 637. The molecule has 1 atom stereocenters. The van der Waals surface area contributed by atoms with Crippen molar-refractivity contribution in [1.82, 2.24) is 0 Å². The average Bonchev–Trinajstić information content (AvgIpc) is 3.10. The lowest BCUT2D eigenvalue weighted by Gasteiger charge is -2.31. The van der Waals surface area contributed by atoms with E-state index in [0.717, 1.165) is 16.3 Å². The minimum atomic E-state index is -0.972. The van der Waals surface area contributed by atoms with Gasteiger partial charge in [-0.15, -0.1) is 17.9 Å². The van der Waals surface area contributed by atoms with Crippen molar-refractivity contribution in [2.75, 3.05) is 19.0 Å². The van der Waals surface area contributed by atoms with Crippen LogP contribution in [0.3, 0.4) is 0 Å². The predicted molar refractivity (Wildman–Crippen MR) is 94.1 cm³/mol. The number of carbonyl (C=O) groups is 1. The zero-order valence-electron chi connectivity index (χ0n) is 13.4. The van der Waals surface area contributed by atoms with E-state index in [-0.39, 0.29) is 5.97 Å². The van der Waals surface area contributed by atoms with Crippen LogP contribution in [0.2, 0.25) is 0 Å². The molecule has 1 aromatic carbocycles. The summed E-state index contributed by atoms with van der Waals surface area (Å²) in [5.41, 5.74) is -0.158. The van der Waals surface area contributed by atoms with Crippen molar-refractivity contribution in [2.24, 2.45) is 0 Å². The van der Waals surface area contributed by atoms with Gasteiger partial charge in [0.15, 0.2) is 5.54 Å². The van der Waals surface area contributed by atoms with E-state index in [1.807, 2.05) is 41.8 Å². The molecule has 0 amide bonds. The fourth-order valence-electron chi connectivity index (χ4n) is 2.36. The quantitative estimate of drug-likeness (QED) is 0.582. The van der Waals surface area contributed by atoms with Crippen LogP contribution in [0.5, 0.6) is 5.75 Å². The van der Waals surface area contributed by atoms with Crippen molar-refractivity contribution < 1.29 is 14.3 Å². The predicted octanol–water partition coefficient (Wildman–Crippen LogP) is 4.20. The Morgan fingerprint density at radius 1 is 1.35 bits per heavy atom. The van der Waals surface area contributed by atoms with Crippen molar-refractivity contribution in [3.8, 4) is 5.75 Å². The van der Waals surface area contributed by atoms with E-state index in [1.165, 1.54) is 11.3 Å². The van der Waals surface area contributed by atoms with E-state index in [2.05, 4.69) is 11.9 Å². The van der Waals surface area contributed by atoms with Gasteiger partial charge in [-0.1, -0.05) is 12.1 Å². The number of esters is 1. The maximum Gasteiger partial charge on any atom is 0.337 e. The van der Waals surface area contributed by atoms with Gasteiger partial charge >= 0.3 is 5.97 Å². The molecule has 0 saturated heterocycles. The summed E-state index contributed by atoms with van der Waals surface area (Å²) < 4.78 is 10.5. The second-order valence-corrected chi connectivity index (χ2v) is 5.90. The van der Waals surface area contributed by atoms with Gasteiger partial charge in [0, 0.05) is 17.0 Å². The third-order valence-electron chi connectivity index (χ3n) is 3.46. The lowest BCUT2D eigenvalue weighted by atomic mass is 9.92. The Labute approximate surface area is 140 Å². The highest BCUT2D eigenvalue weighted by molar-refractivity contribution is 7.10. The fraction of sp³-hybridized carbons (Fsp3) is 0.278. The molecule has 0 radical (unpaired) electrons. The van der Waals surface area contributed by atoms with Crippen LogP contribution in [0, 0.1) is 0 Å². The third-order valence-corrected chi connectivity index (χ3v) is 4.50. The molecule has 2 rings (SSSR count). The van der Waals surface area contributed by atoms with Crippen molar-refractivity contribution in [1.29, 1.82) is 0 Å². The van der Waals surface area contributed by atoms with Crippen LogP contribution in [-0.4, -0.2) is 19.7 Å². The summed E-state index contributed by atoms with van der Waals surface area (Å²) in [6, 6.07) is 11.3. The number of anilines is 1. The van der Waals surface area contributed by atoms with Gasteiger partial charge in [0.05, 0.1) is 13.7 Å². The highest BCUT2D eigenvalue weighted by atomic mass is 32.1. The molecule has 0 bridgehead atoms. The summed E-state index contributed by atoms with van der Waals surface area (Å²) in [5.74, 6) is 0.454. The molecule has 0 saturated carbocycles. The first-order valence-electron chi connectivity index (χ1n) is 7.40. The second kappa shape index (κ2) is 7.83. The van der Waals surface area contributed by atoms with Crippen molar-refractivity contribution in [3.63, 3.8) is 0 Å². The van der Waals surface area contributed by atoms with Crippen LogP contribution >= 0.6 is 11.3 Å². The number of hydrogen-bond donors (Lipinski definition) is 1. The maximum absolute atomic E-state index is 12.7. The van der Waals surface area contributed by atoms with E-state index in [9.17, 15) is 4.79 Å². The molecule has 1 unspecified atom stereocenters. The Hall–Kier alpha value is -2.27. The lowest BCUT2D eigenvalue weighted by molar-refractivity contribution is -0.148. The molecular weight excluding hydrogens is 310 g/mol. The van der Waals surface area contributed by atoms with Gasteiger partial charge in [0.2, 0.25) is 0 Å². The highest BCUT2D eigenvalue weighted by Gasteiger charge is 2.41. The molecule has 1 heterocycles. The van der Waals surface area contributed by atoms with Crippen molar-refractivity contribution >= 4 is 23.0 Å². The first kappa shape index (κ1) is 17.1. The summed E-state index contributed by atoms with van der Waals surface area (Å²) in [5, 5.41) is 5.29. The molecule has 1 N–H and O–H groups in total. The maximum atomic E-state index is 12.7. The Morgan fingerprint density at radius 3 is 2.61 bits per heavy atom. The molecule has 1 aromatic heterocycles. The normalized spacial score (nSPS) is 13.0. The van der Waals surface area contributed by atoms with Crippen LogP contribution in [0.15, 0.2) is 54.4 Å². The monoisotopic (exact) mass is 331 g/mol. The number of methoxy groups -OCH3 is 1. The Kier molecular flexibility index (Phi) is 5.82. The molecule has 0 aliphatic rings. The topological polar surface area (TPSA) is 47.6 Å². The Balaban J connectivity index is 2.41. The molecule has 0 fully saturated rings. The van der Waals surface area contributed by atoms with Crippen LogP contribution in [0.1, 0.15) is 18.2 Å². The van der Waals surface area contributed by atoms with Crippen LogP contribution in [0.25, 0.3) is 0 Å². The molecule has 0 aliphatic carbocycles. The van der Waals surface area contributed by atoms with Gasteiger partial charge in [-0.2, -0.15) is 0 Å². The molecule has 0 spiro atoms.